The fourth-order valence-corrected chi connectivity index (χ4v) is 1.42. The lowest BCUT2D eigenvalue weighted by atomic mass is 10.3. The molecule has 0 aliphatic heterocycles. The van der Waals surface area contributed by atoms with Gasteiger partial charge in [-0.15, -0.1) is 10.2 Å². The van der Waals surface area contributed by atoms with Gasteiger partial charge in [0.15, 0.2) is 0 Å². The van der Waals surface area contributed by atoms with Crippen LogP contribution in [0, 0.1) is 0 Å². The topological polar surface area (TPSA) is 69.6 Å². The summed E-state index contributed by atoms with van der Waals surface area (Å²) in [7, 11) is 0. The van der Waals surface area contributed by atoms with E-state index in [0.717, 1.165) is 24.4 Å². The van der Waals surface area contributed by atoms with Crippen molar-refractivity contribution in [3.63, 3.8) is 0 Å². The van der Waals surface area contributed by atoms with Crippen LogP contribution in [-0.2, 0) is 13.0 Å². The second-order valence-electron chi connectivity index (χ2n) is 3.28. The first-order valence-electron chi connectivity index (χ1n) is 4.86. The van der Waals surface area contributed by atoms with E-state index in [1.165, 1.54) is 0 Å². The van der Waals surface area contributed by atoms with Crippen molar-refractivity contribution < 1.29 is 0 Å². The van der Waals surface area contributed by atoms with E-state index in [-0.39, 0.29) is 0 Å². The van der Waals surface area contributed by atoms with Crippen molar-refractivity contribution >= 4 is 0 Å². The quantitative estimate of drug-likeness (QED) is 0.771. The summed E-state index contributed by atoms with van der Waals surface area (Å²) >= 11 is 0. The number of hydrogen-bond donors (Lipinski definition) is 1. The summed E-state index contributed by atoms with van der Waals surface area (Å²) in [4.78, 5) is 4.06. The van der Waals surface area contributed by atoms with Crippen molar-refractivity contribution in [2.75, 3.05) is 6.54 Å². The molecule has 2 aromatic rings. The highest BCUT2D eigenvalue weighted by atomic mass is 15.3. The summed E-state index contributed by atoms with van der Waals surface area (Å²) in [6, 6.07) is 3.95. The maximum atomic E-state index is 5.49. The summed E-state index contributed by atoms with van der Waals surface area (Å²) < 4.78 is 1.99. The maximum absolute atomic E-state index is 5.49. The second-order valence-corrected chi connectivity index (χ2v) is 3.28. The van der Waals surface area contributed by atoms with Crippen LogP contribution in [0.1, 0.15) is 11.4 Å². The SMILES string of the molecule is NCCc1nncn1Cc1cccnc1. The van der Waals surface area contributed by atoms with Crippen LogP contribution in [-0.4, -0.2) is 26.3 Å². The van der Waals surface area contributed by atoms with Gasteiger partial charge in [0.25, 0.3) is 0 Å². The molecule has 0 unspecified atom stereocenters. The van der Waals surface area contributed by atoms with Crippen molar-refractivity contribution in [1.29, 1.82) is 0 Å². The van der Waals surface area contributed by atoms with E-state index in [0.29, 0.717) is 6.54 Å². The number of nitrogens with zero attached hydrogens (tertiary/aromatic N) is 4. The van der Waals surface area contributed by atoms with Gasteiger partial charge in [-0.3, -0.25) is 4.98 Å². The molecule has 0 aromatic carbocycles. The van der Waals surface area contributed by atoms with Gasteiger partial charge in [-0.25, -0.2) is 0 Å². The molecule has 2 N–H and O–H groups in total. The smallest absolute Gasteiger partial charge is 0.134 e. The molecule has 2 rings (SSSR count). The molecule has 2 heterocycles. The largest absolute Gasteiger partial charge is 0.330 e. The van der Waals surface area contributed by atoms with Gasteiger partial charge in [0, 0.05) is 18.8 Å². The highest BCUT2D eigenvalue weighted by Crippen LogP contribution is 2.02. The lowest BCUT2D eigenvalue weighted by molar-refractivity contribution is 0.714. The molecule has 0 fully saturated rings. The van der Waals surface area contributed by atoms with E-state index < -0.39 is 0 Å². The van der Waals surface area contributed by atoms with Crippen molar-refractivity contribution in [3.05, 3.63) is 42.2 Å². The molecule has 0 radical (unpaired) electrons. The molecule has 0 atom stereocenters. The Morgan fingerprint density at radius 2 is 2.33 bits per heavy atom. The van der Waals surface area contributed by atoms with Crippen molar-refractivity contribution in [2.45, 2.75) is 13.0 Å². The molecular weight excluding hydrogens is 190 g/mol. The predicted octanol–water partition coefficient (Wildman–Crippen LogP) is 0.223. The van der Waals surface area contributed by atoms with Crippen LogP contribution in [0.3, 0.4) is 0 Å². The van der Waals surface area contributed by atoms with Gasteiger partial charge in [0.1, 0.15) is 12.2 Å². The third-order valence-corrected chi connectivity index (χ3v) is 2.14. The molecule has 2 aromatic heterocycles. The Labute approximate surface area is 88.0 Å². The molecule has 0 amide bonds. The average molecular weight is 203 g/mol. The molecule has 0 saturated heterocycles. The zero-order valence-corrected chi connectivity index (χ0v) is 8.37. The summed E-state index contributed by atoms with van der Waals surface area (Å²) in [5.74, 6) is 0.918. The Balaban J connectivity index is 2.14. The zero-order valence-electron chi connectivity index (χ0n) is 8.37. The maximum Gasteiger partial charge on any atom is 0.134 e. The normalized spacial score (nSPS) is 10.5. The number of pyridine rings is 1. The Bertz CT molecular complexity index is 409. The number of hydrogen-bond acceptors (Lipinski definition) is 4. The van der Waals surface area contributed by atoms with Crippen LogP contribution >= 0.6 is 0 Å². The highest BCUT2D eigenvalue weighted by molar-refractivity contribution is 5.09. The van der Waals surface area contributed by atoms with Crippen molar-refractivity contribution in [2.24, 2.45) is 5.73 Å². The van der Waals surface area contributed by atoms with Crippen LogP contribution < -0.4 is 5.73 Å². The monoisotopic (exact) mass is 203 g/mol. The standard InChI is InChI=1S/C10H13N5/c11-4-3-10-14-13-8-15(10)7-9-2-1-5-12-6-9/h1-2,5-6,8H,3-4,7,11H2. The van der Waals surface area contributed by atoms with Crippen LogP contribution in [0.25, 0.3) is 0 Å². The third-order valence-electron chi connectivity index (χ3n) is 2.14. The summed E-state index contributed by atoms with van der Waals surface area (Å²) in [5.41, 5.74) is 6.62. The Hall–Kier alpha value is -1.75. The van der Waals surface area contributed by atoms with Gasteiger partial charge >= 0.3 is 0 Å². The van der Waals surface area contributed by atoms with Crippen molar-refractivity contribution in [1.82, 2.24) is 19.7 Å². The molecular formula is C10H13N5. The molecule has 78 valence electrons. The van der Waals surface area contributed by atoms with Crippen LogP contribution in [0.2, 0.25) is 0 Å². The summed E-state index contributed by atoms with van der Waals surface area (Å²) in [6.45, 7) is 1.34. The number of nitrogens with two attached hydrogens (primary N) is 1. The minimum atomic E-state index is 0.589. The third kappa shape index (κ3) is 2.38. The predicted molar refractivity (Wildman–Crippen MR) is 56.1 cm³/mol. The first-order chi connectivity index (χ1) is 7.40. The zero-order chi connectivity index (χ0) is 10.5. The van der Waals surface area contributed by atoms with Gasteiger partial charge in [-0.1, -0.05) is 6.07 Å². The summed E-state index contributed by atoms with van der Waals surface area (Å²) in [5, 5.41) is 7.89. The second kappa shape index (κ2) is 4.65. The van der Waals surface area contributed by atoms with E-state index in [1.807, 2.05) is 22.9 Å². The van der Waals surface area contributed by atoms with E-state index in [9.17, 15) is 0 Å². The van der Waals surface area contributed by atoms with Crippen LogP contribution in [0.4, 0.5) is 0 Å². The molecule has 0 aliphatic rings. The van der Waals surface area contributed by atoms with Gasteiger partial charge < -0.3 is 10.3 Å². The van der Waals surface area contributed by atoms with Crippen molar-refractivity contribution in [3.8, 4) is 0 Å². The van der Waals surface area contributed by atoms with Crippen LogP contribution in [0.5, 0.6) is 0 Å². The highest BCUT2D eigenvalue weighted by Gasteiger charge is 2.03. The Morgan fingerprint density at radius 3 is 3.07 bits per heavy atom. The lowest BCUT2D eigenvalue weighted by Gasteiger charge is -2.04. The number of rotatable bonds is 4. The van der Waals surface area contributed by atoms with Gasteiger partial charge in [0.05, 0.1) is 6.54 Å². The summed E-state index contributed by atoms with van der Waals surface area (Å²) in [6.07, 6.45) is 6.07. The lowest BCUT2D eigenvalue weighted by Crippen LogP contribution is -2.10. The fraction of sp³-hybridized carbons (Fsp3) is 0.300. The van der Waals surface area contributed by atoms with Gasteiger partial charge in [-0.05, 0) is 18.2 Å². The fourth-order valence-electron chi connectivity index (χ4n) is 1.42. The number of aromatic nitrogens is 4. The molecule has 0 aliphatic carbocycles. The molecule has 0 spiro atoms. The van der Waals surface area contributed by atoms with E-state index in [2.05, 4.69) is 15.2 Å². The van der Waals surface area contributed by atoms with E-state index in [4.69, 9.17) is 5.73 Å². The Kier molecular flexibility index (Phi) is 3.04. The Morgan fingerprint density at radius 1 is 1.40 bits per heavy atom. The first-order valence-corrected chi connectivity index (χ1v) is 4.86. The minimum absolute atomic E-state index is 0.589. The molecule has 0 saturated carbocycles. The minimum Gasteiger partial charge on any atom is -0.330 e. The van der Waals surface area contributed by atoms with Gasteiger partial charge in [0.2, 0.25) is 0 Å². The molecule has 5 nitrogen and oxygen atoms in total. The average Bonchev–Trinajstić information content (AvgIpc) is 2.68. The van der Waals surface area contributed by atoms with Gasteiger partial charge in [-0.2, -0.15) is 0 Å². The van der Waals surface area contributed by atoms with E-state index in [1.54, 1.807) is 12.5 Å². The molecule has 5 heteroatoms. The van der Waals surface area contributed by atoms with Crippen LogP contribution in [0.15, 0.2) is 30.9 Å². The van der Waals surface area contributed by atoms with E-state index >= 15 is 0 Å². The first kappa shape index (κ1) is 9.79. The molecule has 0 bridgehead atoms. The molecule has 15 heavy (non-hydrogen) atoms.